The molecule has 0 saturated heterocycles. The highest BCUT2D eigenvalue weighted by Gasteiger charge is 2.12. The Balaban J connectivity index is 2.04. The summed E-state index contributed by atoms with van der Waals surface area (Å²) in [5.41, 5.74) is 0. The van der Waals surface area contributed by atoms with Crippen molar-refractivity contribution in [3.8, 4) is 0 Å². The van der Waals surface area contributed by atoms with Gasteiger partial charge in [0.1, 0.15) is 0 Å². The van der Waals surface area contributed by atoms with Crippen LogP contribution >= 0.6 is 0 Å². The Hall–Kier alpha value is -0.570. The molecular formula is C14H28N2O. The second-order valence-corrected chi connectivity index (χ2v) is 5.24. The Morgan fingerprint density at radius 2 is 1.82 bits per heavy atom. The SMILES string of the molecule is CCC(C)C(=O)NCCNC1CCCCCC1. The van der Waals surface area contributed by atoms with Crippen molar-refractivity contribution in [2.75, 3.05) is 13.1 Å². The maximum absolute atomic E-state index is 11.5. The Morgan fingerprint density at radius 1 is 1.18 bits per heavy atom. The first-order chi connectivity index (χ1) is 8.24. The Kier molecular flexibility index (Phi) is 7.25. The molecular weight excluding hydrogens is 212 g/mol. The van der Waals surface area contributed by atoms with Gasteiger partial charge < -0.3 is 10.6 Å². The molecule has 1 atom stereocenters. The summed E-state index contributed by atoms with van der Waals surface area (Å²) in [6.07, 6.45) is 9.03. The van der Waals surface area contributed by atoms with Gasteiger partial charge in [0.05, 0.1) is 0 Å². The molecule has 0 radical (unpaired) electrons. The summed E-state index contributed by atoms with van der Waals surface area (Å²) in [4.78, 5) is 11.5. The van der Waals surface area contributed by atoms with Crippen LogP contribution in [0.3, 0.4) is 0 Å². The van der Waals surface area contributed by atoms with Crippen molar-refractivity contribution in [3.63, 3.8) is 0 Å². The number of rotatable bonds is 6. The lowest BCUT2D eigenvalue weighted by Crippen LogP contribution is -2.38. The molecule has 0 aromatic heterocycles. The molecule has 1 unspecified atom stereocenters. The lowest BCUT2D eigenvalue weighted by atomic mass is 10.1. The van der Waals surface area contributed by atoms with Gasteiger partial charge in [0.15, 0.2) is 0 Å². The Labute approximate surface area is 106 Å². The van der Waals surface area contributed by atoms with Crippen LogP contribution in [0.25, 0.3) is 0 Å². The maximum atomic E-state index is 11.5. The molecule has 0 aliphatic heterocycles. The molecule has 0 aromatic rings. The van der Waals surface area contributed by atoms with Crippen LogP contribution in [0.15, 0.2) is 0 Å². The van der Waals surface area contributed by atoms with E-state index in [2.05, 4.69) is 10.6 Å². The standard InChI is InChI=1S/C14H28N2O/c1-3-12(2)14(17)16-11-10-15-13-8-6-4-5-7-9-13/h12-13,15H,3-11H2,1-2H3,(H,16,17). The van der Waals surface area contributed by atoms with E-state index in [9.17, 15) is 4.79 Å². The highest BCUT2D eigenvalue weighted by molar-refractivity contribution is 5.78. The fourth-order valence-corrected chi connectivity index (χ4v) is 2.31. The quantitative estimate of drug-likeness (QED) is 0.553. The summed E-state index contributed by atoms with van der Waals surface area (Å²) in [7, 11) is 0. The normalized spacial score (nSPS) is 19.6. The summed E-state index contributed by atoms with van der Waals surface area (Å²) >= 11 is 0. The molecule has 0 spiro atoms. The van der Waals surface area contributed by atoms with Crippen molar-refractivity contribution in [2.45, 2.75) is 64.8 Å². The van der Waals surface area contributed by atoms with E-state index < -0.39 is 0 Å². The fraction of sp³-hybridized carbons (Fsp3) is 0.929. The van der Waals surface area contributed by atoms with Crippen molar-refractivity contribution < 1.29 is 4.79 Å². The summed E-state index contributed by atoms with van der Waals surface area (Å²) in [5, 5.41) is 6.55. The molecule has 17 heavy (non-hydrogen) atoms. The minimum atomic E-state index is 0.146. The molecule has 1 aliphatic carbocycles. The van der Waals surface area contributed by atoms with Gasteiger partial charge in [-0.1, -0.05) is 39.5 Å². The van der Waals surface area contributed by atoms with Crippen LogP contribution in [0.1, 0.15) is 58.8 Å². The minimum absolute atomic E-state index is 0.146. The smallest absolute Gasteiger partial charge is 0.222 e. The number of hydrogen-bond acceptors (Lipinski definition) is 2. The van der Waals surface area contributed by atoms with Gasteiger partial charge in [0.25, 0.3) is 0 Å². The van der Waals surface area contributed by atoms with Crippen LogP contribution in [0.5, 0.6) is 0 Å². The topological polar surface area (TPSA) is 41.1 Å². The first-order valence-electron chi connectivity index (χ1n) is 7.25. The highest BCUT2D eigenvalue weighted by Crippen LogP contribution is 2.16. The third-order valence-electron chi connectivity index (χ3n) is 3.77. The van der Waals surface area contributed by atoms with Gasteiger partial charge in [0.2, 0.25) is 5.91 Å². The van der Waals surface area contributed by atoms with Gasteiger partial charge in [-0.15, -0.1) is 0 Å². The lowest BCUT2D eigenvalue weighted by molar-refractivity contribution is -0.124. The molecule has 100 valence electrons. The third-order valence-corrected chi connectivity index (χ3v) is 3.77. The van der Waals surface area contributed by atoms with Gasteiger partial charge >= 0.3 is 0 Å². The zero-order chi connectivity index (χ0) is 12.5. The van der Waals surface area contributed by atoms with Gasteiger partial charge in [0, 0.05) is 25.0 Å². The molecule has 2 N–H and O–H groups in total. The lowest BCUT2D eigenvalue weighted by Gasteiger charge is -2.17. The molecule has 3 nitrogen and oxygen atoms in total. The zero-order valence-corrected chi connectivity index (χ0v) is 11.4. The average Bonchev–Trinajstić information content (AvgIpc) is 2.61. The second-order valence-electron chi connectivity index (χ2n) is 5.24. The maximum Gasteiger partial charge on any atom is 0.222 e. The summed E-state index contributed by atoms with van der Waals surface area (Å²) < 4.78 is 0. The number of carbonyl (C=O) groups is 1. The molecule has 0 bridgehead atoms. The number of carbonyl (C=O) groups excluding carboxylic acids is 1. The van der Waals surface area contributed by atoms with E-state index in [0.29, 0.717) is 6.04 Å². The van der Waals surface area contributed by atoms with Gasteiger partial charge in [-0.25, -0.2) is 0 Å². The minimum Gasteiger partial charge on any atom is -0.355 e. The van der Waals surface area contributed by atoms with Crippen molar-refractivity contribution >= 4 is 5.91 Å². The van der Waals surface area contributed by atoms with E-state index in [0.717, 1.165) is 19.5 Å². The molecule has 3 heteroatoms. The third kappa shape index (κ3) is 6.06. The largest absolute Gasteiger partial charge is 0.355 e. The molecule has 1 rings (SSSR count). The van der Waals surface area contributed by atoms with E-state index in [4.69, 9.17) is 0 Å². The Morgan fingerprint density at radius 3 is 2.41 bits per heavy atom. The van der Waals surface area contributed by atoms with E-state index in [-0.39, 0.29) is 11.8 Å². The van der Waals surface area contributed by atoms with Crippen molar-refractivity contribution in [2.24, 2.45) is 5.92 Å². The van der Waals surface area contributed by atoms with Crippen molar-refractivity contribution in [1.82, 2.24) is 10.6 Å². The second kappa shape index (κ2) is 8.51. The van der Waals surface area contributed by atoms with Crippen LogP contribution in [-0.4, -0.2) is 25.0 Å². The van der Waals surface area contributed by atoms with Crippen molar-refractivity contribution in [1.29, 1.82) is 0 Å². The van der Waals surface area contributed by atoms with Crippen LogP contribution in [-0.2, 0) is 4.79 Å². The highest BCUT2D eigenvalue weighted by atomic mass is 16.1. The van der Waals surface area contributed by atoms with E-state index in [1.54, 1.807) is 0 Å². The fourth-order valence-electron chi connectivity index (χ4n) is 2.31. The predicted molar refractivity (Wildman–Crippen MR) is 72.0 cm³/mol. The Bertz CT molecular complexity index is 210. The molecule has 1 saturated carbocycles. The van der Waals surface area contributed by atoms with Crippen LogP contribution < -0.4 is 10.6 Å². The van der Waals surface area contributed by atoms with Gasteiger partial charge in [-0.05, 0) is 19.3 Å². The van der Waals surface area contributed by atoms with Crippen molar-refractivity contribution in [3.05, 3.63) is 0 Å². The average molecular weight is 240 g/mol. The molecule has 0 heterocycles. The van der Waals surface area contributed by atoms with Crippen LogP contribution in [0, 0.1) is 5.92 Å². The number of hydrogen-bond donors (Lipinski definition) is 2. The predicted octanol–water partition coefficient (Wildman–Crippen LogP) is 2.46. The molecule has 1 aliphatic rings. The molecule has 0 aromatic carbocycles. The van der Waals surface area contributed by atoms with E-state index in [1.165, 1.54) is 38.5 Å². The number of amides is 1. The van der Waals surface area contributed by atoms with E-state index >= 15 is 0 Å². The summed E-state index contributed by atoms with van der Waals surface area (Å²) in [5.74, 6) is 0.336. The van der Waals surface area contributed by atoms with Gasteiger partial charge in [-0.2, -0.15) is 0 Å². The number of nitrogens with one attached hydrogen (secondary N) is 2. The zero-order valence-electron chi connectivity index (χ0n) is 11.4. The molecule has 1 amide bonds. The first-order valence-corrected chi connectivity index (χ1v) is 7.25. The van der Waals surface area contributed by atoms with Gasteiger partial charge in [-0.3, -0.25) is 4.79 Å². The summed E-state index contributed by atoms with van der Waals surface area (Å²) in [6.45, 7) is 5.70. The molecule has 1 fully saturated rings. The van der Waals surface area contributed by atoms with Crippen LogP contribution in [0.4, 0.5) is 0 Å². The summed E-state index contributed by atoms with van der Waals surface area (Å²) in [6, 6.07) is 0.679. The monoisotopic (exact) mass is 240 g/mol. The van der Waals surface area contributed by atoms with Crippen LogP contribution in [0.2, 0.25) is 0 Å². The first kappa shape index (κ1) is 14.5. The van der Waals surface area contributed by atoms with E-state index in [1.807, 2.05) is 13.8 Å².